The summed E-state index contributed by atoms with van der Waals surface area (Å²) in [4.78, 5) is 13.4. The average Bonchev–Trinajstić information content (AvgIpc) is 2.99. The number of aromatic amines is 1. The molecule has 0 saturated carbocycles. The fourth-order valence-electron chi connectivity index (χ4n) is 2.84. The van der Waals surface area contributed by atoms with Crippen LogP contribution in [0.1, 0.15) is 0 Å². The molecule has 124 valence electrons. The van der Waals surface area contributed by atoms with E-state index in [0.29, 0.717) is 9.99 Å². The van der Waals surface area contributed by atoms with Gasteiger partial charge in [-0.25, -0.2) is 14.4 Å². The Morgan fingerprint density at radius 1 is 1.12 bits per heavy atom. The highest BCUT2D eigenvalue weighted by Crippen LogP contribution is 2.30. The number of piperazine rings is 1. The maximum atomic E-state index is 13.6. The molecule has 0 atom stereocenters. The van der Waals surface area contributed by atoms with E-state index in [0.717, 1.165) is 48.8 Å². The molecule has 1 fully saturated rings. The van der Waals surface area contributed by atoms with E-state index in [-0.39, 0.29) is 5.82 Å². The second-order valence-corrected chi connectivity index (χ2v) is 6.80. The number of hydrogen-bond donors (Lipinski definition) is 1. The summed E-state index contributed by atoms with van der Waals surface area (Å²) in [6.07, 6.45) is 3.54. The van der Waals surface area contributed by atoms with Gasteiger partial charge in [-0.3, -0.25) is 5.10 Å². The van der Waals surface area contributed by atoms with Crippen molar-refractivity contribution >= 4 is 32.8 Å². The molecule has 1 N–H and O–H groups in total. The summed E-state index contributed by atoms with van der Waals surface area (Å²) in [7, 11) is 2.12. The van der Waals surface area contributed by atoms with Crippen LogP contribution in [0.4, 0.5) is 10.3 Å². The molecule has 0 spiro atoms. The van der Waals surface area contributed by atoms with Gasteiger partial charge in [0, 0.05) is 55.6 Å². The molecule has 4 rings (SSSR count). The number of H-pyrrole nitrogens is 1. The molecule has 24 heavy (non-hydrogen) atoms. The van der Waals surface area contributed by atoms with Gasteiger partial charge in [-0.15, -0.1) is 0 Å². The van der Waals surface area contributed by atoms with Crippen molar-refractivity contribution < 1.29 is 4.39 Å². The van der Waals surface area contributed by atoms with E-state index in [1.165, 1.54) is 6.07 Å². The Hall–Kier alpha value is -2.06. The van der Waals surface area contributed by atoms with Gasteiger partial charge in [0.2, 0.25) is 5.95 Å². The van der Waals surface area contributed by atoms with Crippen LogP contribution in [0.5, 0.6) is 0 Å². The summed E-state index contributed by atoms with van der Waals surface area (Å²) in [5.74, 6) is 0.415. The lowest BCUT2D eigenvalue weighted by Gasteiger charge is -2.32. The lowest BCUT2D eigenvalue weighted by atomic mass is 10.1. The van der Waals surface area contributed by atoms with Crippen LogP contribution in [-0.2, 0) is 0 Å². The molecule has 0 bridgehead atoms. The predicted molar refractivity (Wildman–Crippen MR) is 94.5 cm³/mol. The number of likely N-dealkylation sites (N-methyl/N-ethyl adjacent to an activating group) is 1. The van der Waals surface area contributed by atoms with Crippen LogP contribution in [0.2, 0.25) is 0 Å². The van der Waals surface area contributed by atoms with Crippen molar-refractivity contribution in [2.75, 3.05) is 38.1 Å². The summed E-state index contributed by atoms with van der Waals surface area (Å²) in [5.41, 5.74) is 2.17. The van der Waals surface area contributed by atoms with Crippen molar-refractivity contribution in [2.24, 2.45) is 0 Å². The quantitative estimate of drug-likeness (QED) is 0.728. The number of rotatable bonds is 2. The van der Waals surface area contributed by atoms with Crippen LogP contribution < -0.4 is 4.90 Å². The number of hydrogen-bond acceptors (Lipinski definition) is 5. The van der Waals surface area contributed by atoms with Crippen LogP contribution in [0.3, 0.4) is 0 Å². The van der Waals surface area contributed by atoms with Crippen molar-refractivity contribution in [1.82, 2.24) is 25.1 Å². The number of halogens is 2. The SMILES string of the molecule is CN1CCN(c2ncc(-c3n[nH]c4cc(F)c(Br)cc34)cn2)CC1. The summed E-state index contributed by atoms with van der Waals surface area (Å²) in [6.45, 7) is 3.87. The third-order valence-electron chi connectivity index (χ3n) is 4.30. The number of nitrogens with one attached hydrogen (secondary N) is 1. The number of aromatic nitrogens is 4. The number of fused-ring (bicyclic) bond motifs is 1. The zero-order valence-corrected chi connectivity index (χ0v) is 14.7. The van der Waals surface area contributed by atoms with Gasteiger partial charge < -0.3 is 9.80 Å². The monoisotopic (exact) mass is 390 g/mol. The first-order chi connectivity index (χ1) is 11.6. The van der Waals surface area contributed by atoms with Crippen LogP contribution in [0.15, 0.2) is 29.0 Å². The van der Waals surface area contributed by atoms with Gasteiger partial charge in [0.1, 0.15) is 11.5 Å². The molecular formula is C16H16BrFN6. The standard InChI is InChI=1S/C16H16BrFN6/c1-23-2-4-24(5-3-23)16-19-8-10(9-20-16)15-11-6-12(17)13(18)7-14(11)21-22-15/h6-9H,2-5H2,1H3,(H,21,22). The predicted octanol–water partition coefficient (Wildman–Crippen LogP) is 2.67. The summed E-state index contributed by atoms with van der Waals surface area (Å²) < 4.78 is 14.0. The van der Waals surface area contributed by atoms with Crippen molar-refractivity contribution in [3.63, 3.8) is 0 Å². The van der Waals surface area contributed by atoms with E-state index in [9.17, 15) is 4.39 Å². The Morgan fingerprint density at radius 3 is 2.54 bits per heavy atom. The Morgan fingerprint density at radius 2 is 1.83 bits per heavy atom. The first-order valence-corrected chi connectivity index (χ1v) is 8.50. The molecule has 0 radical (unpaired) electrons. The van der Waals surface area contributed by atoms with Crippen molar-refractivity contribution in [3.8, 4) is 11.3 Å². The number of benzene rings is 1. The molecule has 3 heterocycles. The highest BCUT2D eigenvalue weighted by atomic mass is 79.9. The fraction of sp³-hybridized carbons (Fsp3) is 0.312. The minimum atomic E-state index is -0.320. The van der Waals surface area contributed by atoms with Gasteiger partial charge in [0.05, 0.1) is 9.99 Å². The third kappa shape index (κ3) is 2.76. The largest absolute Gasteiger partial charge is 0.338 e. The Bertz CT molecular complexity index is 870. The molecule has 1 aliphatic heterocycles. The zero-order valence-electron chi connectivity index (χ0n) is 13.1. The lowest BCUT2D eigenvalue weighted by molar-refractivity contribution is 0.311. The maximum Gasteiger partial charge on any atom is 0.225 e. The molecular weight excluding hydrogens is 375 g/mol. The van der Waals surface area contributed by atoms with Crippen molar-refractivity contribution in [1.29, 1.82) is 0 Å². The topological polar surface area (TPSA) is 60.9 Å². The zero-order chi connectivity index (χ0) is 16.7. The Balaban J connectivity index is 1.64. The summed E-state index contributed by atoms with van der Waals surface area (Å²) in [5, 5.41) is 7.97. The minimum absolute atomic E-state index is 0.320. The van der Waals surface area contributed by atoms with Gasteiger partial charge in [0.25, 0.3) is 0 Å². The van der Waals surface area contributed by atoms with E-state index in [2.05, 4.69) is 52.9 Å². The summed E-state index contributed by atoms with van der Waals surface area (Å²) in [6, 6.07) is 3.15. The van der Waals surface area contributed by atoms with Gasteiger partial charge in [-0.2, -0.15) is 5.10 Å². The molecule has 1 aliphatic rings. The normalized spacial score (nSPS) is 16.0. The van der Waals surface area contributed by atoms with E-state index in [1.54, 1.807) is 18.5 Å². The third-order valence-corrected chi connectivity index (χ3v) is 4.91. The smallest absolute Gasteiger partial charge is 0.225 e. The van der Waals surface area contributed by atoms with E-state index in [1.807, 2.05) is 0 Å². The molecule has 2 aromatic heterocycles. The molecule has 8 heteroatoms. The molecule has 0 amide bonds. The van der Waals surface area contributed by atoms with Crippen LogP contribution in [0.25, 0.3) is 22.2 Å². The first-order valence-electron chi connectivity index (χ1n) is 7.71. The highest BCUT2D eigenvalue weighted by Gasteiger charge is 2.17. The highest BCUT2D eigenvalue weighted by molar-refractivity contribution is 9.10. The molecule has 0 unspecified atom stereocenters. The average molecular weight is 391 g/mol. The maximum absolute atomic E-state index is 13.6. The van der Waals surface area contributed by atoms with Gasteiger partial charge in [-0.1, -0.05) is 0 Å². The van der Waals surface area contributed by atoms with Gasteiger partial charge in [-0.05, 0) is 29.0 Å². The second kappa shape index (κ2) is 6.10. The molecule has 3 aromatic rings. The van der Waals surface area contributed by atoms with Crippen LogP contribution in [-0.4, -0.2) is 58.3 Å². The van der Waals surface area contributed by atoms with Gasteiger partial charge >= 0.3 is 0 Å². The Kier molecular flexibility index (Phi) is 3.93. The molecule has 1 aromatic carbocycles. The molecule has 6 nitrogen and oxygen atoms in total. The summed E-state index contributed by atoms with van der Waals surface area (Å²) >= 11 is 3.22. The second-order valence-electron chi connectivity index (χ2n) is 5.95. The van der Waals surface area contributed by atoms with Crippen molar-refractivity contribution in [2.45, 2.75) is 0 Å². The number of nitrogens with zero attached hydrogens (tertiary/aromatic N) is 5. The minimum Gasteiger partial charge on any atom is -0.338 e. The van der Waals surface area contributed by atoms with Crippen LogP contribution in [0, 0.1) is 5.82 Å². The molecule has 1 saturated heterocycles. The number of anilines is 1. The van der Waals surface area contributed by atoms with Crippen molar-refractivity contribution in [3.05, 3.63) is 34.8 Å². The fourth-order valence-corrected chi connectivity index (χ4v) is 3.19. The first kappa shape index (κ1) is 15.5. The van der Waals surface area contributed by atoms with E-state index in [4.69, 9.17) is 0 Å². The lowest BCUT2D eigenvalue weighted by Crippen LogP contribution is -2.45. The molecule has 0 aliphatic carbocycles. The Labute approximate surface area is 146 Å². The van der Waals surface area contributed by atoms with E-state index >= 15 is 0 Å². The van der Waals surface area contributed by atoms with E-state index < -0.39 is 0 Å². The van der Waals surface area contributed by atoms with Gasteiger partial charge in [0.15, 0.2) is 0 Å². The van der Waals surface area contributed by atoms with Crippen LogP contribution >= 0.6 is 15.9 Å².